The second kappa shape index (κ2) is 7.90. The van der Waals surface area contributed by atoms with Crippen molar-refractivity contribution in [3.63, 3.8) is 0 Å². The molecular weight excluding hydrogens is 433 g/mol. The van der Waals surface area contributed by atoms with Crippen LogP contribution in [0.25, 0.3) is 10.9 Å². The summed E-state index contributed by atoms with van der Waals surface area (Å²) in [7, 11) is -3.62. The van der Waals surface area contributed by atoms with Crippen LogP contribution in [0.15, 0.2) is 36.5 Å². The summed E-state index contributed by atoms with van der Waals surface area (Å²) in [5.74, 6) is -0.0764. The van der Waals surface area contributed by atoms with E-state index in [4.69, 9.17) is 4.74 Å². The highest BCUT2D eigenvalue weighted by Gasteiger charge is 2.38. The Labute approximate surface area is 185 Å². The number of carbonyl (C=O) groups is 1. The number of aryl methyl sites for hydroxylation is 1. The minimum Gasteiger partial charge on any atom is -0.492 e. The van der Waals surface area contributed by atoms with Gasteiger partial charge in [0.25, 0.3) is 5.91 Å². The van der Waals surface area contributed by atoms with E-state index in [1.165, 1.54) is 6.07 Å². The summed E-state index contributed by atoms with van der Waals surface area (Å²) in [6.07, 6.45) is 5.23. The van der Waals surface area contributed by atoms with Gasteiger partial charge in [0, 0.05) is 28.7 Å². The minimum absolute atomic E-state index is 0.0227. The molecule has 2 N–H and O–H groups in total. The van der Waals surface area contributed by atoms with Crippen molar-refractivity contribution in [2.75, 3.05) is 19.4 Å². The molecule has 9 heteroatoms. The Kier molecular flexibility index (Phi) is 5.17. The highest BCUT2D eigenvalue weighted by atomic mass is 32.2. The van der Waals surface area contributed by atoms with Gasteiger partial charge < -0.3 is 15.0 Å². The van der Waals surface area contributed by atoms with E-state index in [1.807, 2.05) is 12.3 Å². The van der Waals surface area contributed by atoms with Crippen LogP contribution in [0.4, 0.5) is 4.39 Å². The number of fused-ring (bicyclic) bond motifs is 4. The number of hydrogen-bond donors (Lipinski definition) is 2. The lowest BCUT2D eigenvalue weighted by molar-refractivity contribution is 0.0878. The van der Waals surface area contributed by atoms with E-state index >= 15 is 0 Å². The van der Waals surface area contributed by atoms with Gasteiger partial charge in [-0.15, -0.1) is 0 Å². The summed E-state index contributed by atoms with van der Waals surface area (Å²) in [5.41, 5.74) is 3.95. The van der Waals surface area contributed by atoms with Gasteiger partial charge in [-0.2, -0.15) is 0 Å². The molecule has 0 aliphatic carbocycles. The minimum atomic E-state index is -3.62. The van der Waals surface area contributed by atoms with Gasteiger partial charge in [0.1, 0.15) is 18.2 Å². The molecular formula is C23H24FN3O4S. The molecule has 1 atom stereocenters. The Bertz CT molecular complexity index is 1320. The number of sulfonamides is 1. The smallest absolute Gasteiger partial charge is 0.268 e. The number of H-pyrrole nitrogens is 1. The average molecular weight is 458 g/mol. The van der Waals surface area contributed by atoms with E-state index in [0.29, 0.717) is 24.3 Å². The fraction of sp³-hybridized carbons (Fsp3) is 0.348. The molecule has 32 heavy (non-hydrogen) atoms. The molecule has 0 saturated heterocycles. The van der Waals surface area contributed by atoms with E-state index in [-0.39, 0.29) is 18.4 Å². The molecule has 0 bridgehead atoms. The van der Waals surface area contributed by atoms with Crippen molar-refractivity contribution in [3.05, 3.63) is 64.6 Å². The van der Waals surface area contributed by atoms with Crippen molar-refractivity contribution in [3.8, 4) is 5.75 Å². The number of amides is 1. The normalized spacial score (nSPS) is 18.0. The zero-order valence-electron chi connectivity index (χ0n) is 17.7. The van der Waals surface area contributed by atoms with Crippen molar-refractivity contribution in [2.45, 2.75) is 31.8 Å². The maximum absolute atomic E-state index is 13.6. The van der Waals surface area contributed by atoms with Crippen LogP contribution in [-0.4, -0.2) is 49.1 Å². The molecule has 1 aromatic heterocycles. The van der Waals surface area contributed by atoms with Crippen molar-refractivity contribution in [2.24, 2.45) is 0 Å². The van der Waals surface area contributed by atoms with Crippen LogP contribution in [0.1, 0.15) is 33.5 Å². The Hall–Kier alpha value is -2.91. The van der Waals surface area contributed by atoms with Gasteiger partial charge in [0.15, 0.2) is 0 Å². The van der Waals surface area contributed by atoms with Gasteiger partial charge in [-0.05, 0) is 61.2 Å². The first-order valence-electron chi connectivity index (χ1n) is 10.6. The highest BCUT2D eigenvalue weighted by Crippen LogP contribution is 2.36. The number of nitrogens with zero attached hydrogens (tertiary/aromatic N) is 1. The predicted molar refractivity (Wildman–Crippen MR) is 119 cm³/mol. The molecule has 168 valence electrons. The van der Waals surface area contributed by atoms with Crippen LogP contribution >= 0.6 is 0 Å². The van der Waals surface area contributed by atoms with Crippen molar-refractivity contribution in [1.82, 2.24) is 14.6 Å². The van der Waals surface area contributed by atoms with Gasteiger partial charge in [-0.25, -0.2) is 17.1 Å². The largest absolute Gasteiger partial charge is 0.492 e. The number of halogens is 1. The molecule has 3 heterocycles. The second-order valence-electron chi connectivity index (χ2n) is 8.42. The number of benzene rings is 2. The van der Waals surface area contributed by atoms with Crippen LogP contribution in [0.2, 0.25) is 0 Å². The third kappa shape index (κ3) is 3.75. The predicted octanol–water partition coefficient (Wildman–Crippen LogP) is 2.75. The summed E-state index contributed by atoms with van der Waals surface area (Å²) in [6, 6.07) is 8.36. The van der Waals surface area contributed by atoms with Crippen LogP contribution in [0, 0.1) is 5.82 Å². The number of aromatic amines is 1. The second-order valence-corrected chi connectivity index (χ2v) is 10.3. The van der Waals surface area contributed by atoms with E-state index in [9.17, 15) is 17.6 Å². The summed E-state index contributed by atoms with van der Waals surface area (Å²) >= 11 is 0. The van der Waals surface area contributed by atoms with Gasteiger partial charge in [-0.1, -0.05) is 6.07 Å². The number of nitrogens with one attached hydrogen (secondary N) is 2. The maximum atomic E-state index is 13.6. The molecule has 0 saturated carbocycles. The first-order chi connectivity index (χ1) is 15.3. The molecule has 0 fully saturated rings. The van der Waals surface area contributed by atoms with Crippen LogP contribution in [-0.2, 0) is 29.4 Å². The Morgan fingerprint density at radius 1 is 1.28 bits per heavy atom. The SMILES string of the molecule is CS(=O)(=O)N1Cc2ccc3c(c2C1=O)CC(NCCCc1c[nH]c2ccc(F)cc12)CO3. The lowest BCUT2D eigenvalue weighted by atomic mass is 9.94. The Morgan fingerprint density at radius 3 is 2.94 bits per heavy atom. The molecule has 0 spiro atoms. The molecule has 5 rings (SSSR count). The molecule has 3 aromatic rings. The van der Waals surface area contributed by atoms with Crippen molar-refractivity contribution >= 4 is 26.8 Å². The number of carbonyl (C=O) groups excluding carboxylic acids is 1. The van der Waals surface area contributed by atoms with Crippen molar-refractivity contribution < 1.29 is 22.3 Å². The third-order valence-electron chi connectivity index (χ3n) is 6.19. The van der Waals surface area contributed by atoms with Crippen LogP contribution in [0.5, 0.6) is 5.75 Å². The van der Waals surface area contributed by atoms with Gasteiger partial charge in [0.2, 0.25) is 10.0 Å². The summed E-state index contributed by atoms with van der Waals surface area (Å²) in [5, 5.41) is 4.39. The molecule has 2 aliphatic rings. The van der Waals surface area contributed by atoms with Gasteiger partial charge in [-0.3, -0.25) is 4.79 Å². The van der Waals surface area contributed by atoms with Crippen LogP contribution in [0.3, 0.4) is 0 Å². The number of ether oxygens (including phenoxy) is 1. The maximum Gasteiger partial charge on any atom is 0.268 e. The third-order valence-corrected chi connectivity index (χ3v) is 7.28. The van der Waals surface area contributed by atoms with Gasteiger partial charge >= 0.3 is 0 Å². The van der Waals surface area contributed by atoms with E-state index in [2.05, 4.69) is 10.3 Å². The summed E-state index contributed by atoms with van der Waals surface area (Å²) in [4.78, 5) is 16.0. The molecule has 1 unspecified atom stereocenters. The average Bonchev–Trinajstić information content (AvgIpc) is 3.31. The topological polar surface area (TPSA) is 91.5 Å². The van der Waals surface area contributed by atoms with E-state index in [1.54, 1.807) is 18.2 Å². The Balaban J connectivity index is 1.23. The summed E-state index contributed by atoms with van der Waals surface area (Å²) in [6.45, 7) is 1.29. The standard InChI is InChI=1S/C23H24FN3O4S/c1-32(29,30)27-12-15-4-7-21-19(22(15)23(27)28)10-17(13-31-21)25-8-2-3-14-11-26-20-6-5-16(24)9-18(14)20/h4-7,9,11,17,25-26H,2-3,8,10,12-13H2,1H3. The van der Waals surface area contributed by atoms with Crippen LogP contribution < -0.4 is 10.1 Å². The first kappa shape index (κ1) is 21.0. The lowest BCUT2D eigenvalue weighted by Gasteiger charge is -2.27. The number of rotatable bonds is 6. The van der Waals surface area contributed by atoms with E-state index in [0.717, 1.165) is 57.5 Å². The summed E-state index contributed by atoms with van der Waals surface area (Å²) < 4.78 is 44.3. The van der Waals surface area contributed by atoms with Crippen molar-refractivity contribution in [1.29, 1.82) is 0 Å². The monoisotopic (exact) mass is 457 g/mol. The lowest BCUT2D eigenvalue weighted by Crippen LogP contribution is -2.40. The number of hydrogen-bond acceptors (Lipinski definition) is 5. The van der Waals surface area contributed by atoms with Gasteiger partial charge in [0.05, 0.1) is 18.4 Å². The quantitative estimate of drug-likeness (QED) is 0.556. The zero-order valence-corrected chi connectivity index (χ0v) is 18.5. The fourth-order valence-corrected chi connectivity index (χ4v) is 5.37. The first-order valence-corrected chi connectivity index (χ1v) is 12.4. The van der Waals surface area contributed by atoms with E-state index < -0.39 is 15.9 Å². The molecule has 0 radical (unpaired) electrons. The molecule has 1 amide bonds. The zero-order chi connectivity index (χ0) is 22.5. The Morgan fingerprint density at radius 2 is 2.12 bits per heavy atom. The number of aromatic nitrogens is 1. The molecule has 2 aliphatic heterocycles. The molecule has 7 nitrogen and oxygen atoms in total. The highest BCUT2D eigenvalue weighted by molar-refractivity contribution is 7.88. The molecule has 2 aromatic carbocycles. The fourth-order valence-electron chi connectivity index (χ4n) is 4.60.